The molecule has 0 bridgehead atoms. The molecule has 2 heterocycles. The Hall–Kier alpha value is -2.10. The van der Waals surface area contributed by atoms with Gasteiger partial charge in [0.25, 0.3) is 0 Å². The zero-order chi connectivity index (χ0) is 13.2. The first kappa shape index (κ1) is 12.0. The van der Waals surface area contributed by atoms with E-state index in [9.17, 15) is 4.79 Å². The highest BCUT2D eigenvalue weighted by Crippen LogP contribution is 2.16. The van der Waals surface area contributed by atoms with Crippen LogP contribution in [0.1, 0.15) is 22.5 Å². The maximum Gasteiger partial charge on any atom is 0.227 e. The number of aromatic amines is 1. The first-order valence-corrected chi connectivity index (χ1v) is 6.57. The smallest absolute Gasteiger partial charge is 0.227 e. The van der Waals surface area contributed by atoms with Gasteiger partial charge in [0.05, 0.1) is 30.7 Å². The van der Waals surface area contributed by atoms with Crippen LogP contribution in [0.2, 0.25) is 0 Å². The maximum absolute atomic E-state index is 12.3. The monoisotopic (exact) mass is 255 g/mol. The van der Waals surface area contributed by atoms with E-state index < -0.39 is 0 Å². The largest absolute Gasteiger partial charge is 0.347 e. The van der Waals surface area contributed by atoms with Crippen molar-refractivity contribution in [1.29, 1.82) is 0 Å². The second kappa shape index (κ2) is 4.88. The molecule has 19 heavy (non-hydrogen) atoms. The number of nitrogens with one attached hydrogen (secondary N) is 1. The molecule has 2 aromatic rings. The molecule has 4 heteroatoms. The van der Waals surface area contributed by atoms with Crippen molar-refractivity contribution in [2.45, 2.75) is 26.3 Å². The minimum Gasteiger partial charge on any atom is -0.347 e. The van der Waals surface area contributed by atoms with Crippen LogP contribution in [0, 0.1) is 6.92 Å². The molecule has 98 valence electrons. The van der Waals surface area contributed by atoms with E-state index in [0.717, 1.165) is 29.9 Å². The van der Waals surface area contributed by atoms with Gasteiger partial charge in [-0.15, -0.1) is 0 Å². The molecule has 1 amide bonds. The fraction of sp³-hybridized carbons (Fsp3) is 0.333. The van der Waals surface area contributed by atoms with Crippen molar-refractivity contribution < 1.29 is 4.79 Å². The molecule has 0 saturated carbocycles. The molecular weight excluding hydrogens is 238 g/mol. The Morgan fingerprint density at radius 1 is 1.37 bits per heavy atom. The van der Waals surface area contributed by atoms with Crippen molar-refractivity contribution in [3.63, 3.8) is 0 Å². The van der Waals surface area contributed by atoms with Gasteiger partial charge < -0.3 is 9.88 Å². The Kier molecular flexibility index (Phi) is 3.07. The van der Waals surface area contributed by atoms with E-state index in [0.29, 0.717) is 13.0 Å². The number of aromatic nitrogens is 2. The molecule has 0 unspecified atom stereocenters. The van der Waals surface area contributed by atoms with Crippen LogP contribution in [-0.4, -0.2) is 27.3 Å². The Morgan fingerprint density at radius 2 is 2.16 bits per heavy atom. The molecule has 1 aliphatic heterocycles. The zero-order valence-corrected chi connectivity index (χ0v) is 11.0. The standard InChI is InChI=1S/C15H17N3O/c1-11-2-4-12(5-3-11)8-15(19)18-7-6-13-14(9-18)17-10-16-13/h2-5,10H,6-9H2,1H3,(H,16,17). The molecule has 1 N–H and O–H groups in total. The molecule has 1 aliphatic rings. The summed E-state index contributed by atoms with van der Waals surface area (Å²) in [6.45, 7) is 3.47. The van der Waals surface area contributed by atoms with Crippen LogP contribution in [0.25, 0.3) is 0 Å². The van der Waals surface area contributed by atoms with Crippen LogP contribution in [0.5, 0.6) is 0 Å². The lowest BCUT2D eigenvalue weighted by Gasteiger charge is -2.26. The number of benzene rings is 1. The Balaban J connectivity index is 1.67. The van der Waals surface area contributed by atoms with Crippen LogP contribution in [0.3, 0.4) is 0 Å². The highest BCUT2D eigenvalue weighted by atomic mass is 16.2. The number of fused-ring (bicyclic) bond motifs is 1. The van der Waals surface area contributed by atoms with Crippen molar-refractivity contribution in [2.24, 2.45) is 0 Å². The third-order valence-corrected chi connectivity index (χ3v) is 3.60. The van der Waals surface area contributed by atoms with Gasteiger partial charge in [-0.3, -0.25) is 4.79 Å². The summed E-state index contributed by atoms with van der Waals surface area (Å²) < 4.78 is 0. The first-order chi connectivity index (χ1) is 9.22. The number of carbonyl (C=O) groups is 1. The average Bonchev–Trinajstić information content (AvgIpc) is 2.88. The van der Waals surface area contributed by atoms with Gasteiger partial charge in [-0.1, -0.05) is 29.8 Å². The lowest BCUT2D eigenvalue weighted by atomic mass is 10.1. The molecule has 1 aromatic carbocycles. The zero-order valence-electron chi connectivity index (χ0n) is 11.0. The molecule has 1 aromatic heterocycles. The van der Waals surface area contributed by atoms with Crippen LogP contribution in [0.15, 0.2) is 30.6 Å². The van der Waals surface area contributed by atoms with Gasteiger partial charge in [0.15, 0.2) is 0 Å². The van der Waals surface area contributed by atoms with Crippen LogP contribution < -0.4 is 0 Å². The number of hydrogen-bond donors (Lipinski definition) is 1. The summed E-state index contributed by atoms with van der Waals surface area (Å²) in [5, 5.41) is 0. The van der Waals surface area contributed by atoms with E-state index in [4.69, 9.17) is 0 Å². The second-order valence-electron chi connectivity index (χ2n) is 5.06. The molecule has 4 nitrogen and oxygen atoms in total. The summed E-state index contributed by atoms with van der Waals surface area (Å²) >= 11 is 0. The quantitative estimate of drug-likeness (QED) is 0.890. The van der Waals surface area contributed by atoms with E-state index in [2.05, 4.69) is 16.9 Å². The number of imidazole rings is 1. The SMILES string of the molecule is Cc1ccc(CC(=O)N2CCc3nc[nH]c3C2)cc1. The van der Waals surface area contributed by atoms with E-state index in [-0.39, 0.29) is 5.91 Å². The summed E-state index contributed by atoms with van der Waals surface area (Å²) in [6, 6.07) is 8.15. The third-order valence-electron chi connectivity index (χ3n) is 3.60. The predicted octanol–water partition coefficient (Wildman–Crippen LogP) is 1.85. The van der Waals surface area contributed by atoms with Gasteiger partial charge in [0.1, 0.15) is 0 Å². The number of aryl methyl sites for hydroxylation is 1. The first-order valence-electron chi connectivity index (χ1n) is 6.57. The average molecular weight is 255 g/mol. The number of carbonyl (C=O) groups excluding carboxylic acids is 1. The third kappa shape index (κ3) is 2.52. The fourth-order valence-corrected chi connectivity index (χ4v) is 2.42. The number of rotatable bonds is 2. The normalized spacial score (nSPS) is 14.3. The summed E-state index contributed by atoms with van der Waals surface area (Å²) in [7, 11) is 0. The molecule has 0 spiro atoms. The van der Waals surface area contributed by atoms with Crippen LogP contribution >= 0.6 is 0 Å². The van der Waals surface area contributed by atoms with E-state index in [1.54, 1.807) is 6.33 Å². The van der Waals surface area contributed by atoms with Crippen LogP contribution in [0.4, 0.5) is 0 Å². The highest BCUT2D eigenvalue weighted by Gasteiger charge is 2.22. The fourth-order valence-electron chi connectivity index (χ4n) is 2.42. The van der Waals surface area contributed by atoms with Crippen LogP contribution in [-0.2, 0) is 24.2 Å². The highest BCUT2D eigenvalue weighted by molar-refractivity contribution is 5.79. The molecule has 0 radical (unpaired) electrons. The number of hydrogen-bond acceptors (Lipinski definition) is 2. The van der Waals surface area contributed by atoms with E-state index >= 15 is 0 Å². The molecule has 0 saturated heterocycles. The topological polar surface area (TPSA) is 49.0 Å². The van der Waals surface area contributed by atoms with Gasteiger partial charge in [0.2, 0.25) is 5.91 Å². The Morgan fingerprint density at radius 3 is 2.95 bits per heavy atom. The van der Waals surface area contributed by atoms with Gasteiger partial charge in [-0.05, 0) is 12.5 Å². The van der Waals surface area contributed by atoms with Gasteiger partial charge in [0, 0.05) is 13.0 Å². The predicted molar refractivity (Wildman–Crippen MR) is 72.6 cm³/mol. The van der Waals surface area contributed by atoms with Crippen molar-refractivity contribution >= 4 is 5.91 Å². The summed E-state index contributed by atoms with van der Waals surface area (Å²) in [5.74, 6) is 0.184. The molecular formula is C15H17N3O. The second-order valence-corrected chi connectivity index (χ2v) is 5.06. The summed E-state index contributed by atoms with van der Waals surface area (Å²) in [4.78, 5) is 21.5. The lowest BCUT2D eigenvalue weighted by Crippen LogP contribution is -2.37. The van der Waals surface area contributed by atoms with Gasteiger partial charge in [-0.2, -0.15) is 0 Å². The van der Waals surface area contributed by atoms with Crippen molar-refractivity contribution in [3.8, 4) is 0 Å². The Bertz CT molecular complexity index is 586. The molecule has 3 rings (SSSR count). The minimum absolute atomic E-state index is 0.184. The van der Waals surface area contributed by atoms with Crippen molar-refractivity contribution in [1.82, 2.24) is 14.9 Å². The van der Waals surface area contributed by atoms with E-state index in [1.807, 2.05) is 29.2 Å². The Labute approximate surface area is 112 Å². The van der Waals surface area contributed by atoms with E-state index in [1.165, 1.54) is 5.56 Å². The number of H-pyrrole nitrogens is 1. The molecule has 0 aliphatic carbocycles. The van der Waals surface area contributed by atoms with Gasteiger partial charge >= 0.3 is 0 Å². The summed E-state index contributed by atoms with van der Waals surface area (Å²) in [5.41, 5.74) is 4.46. The van der Waals surface area contributed by atoms with Gasteiger partial charge in [-0.25, -0.2) is 4.98 Å². The minimum atomic E-state index is 0.184. The number of nitrogens with zero attached hydrogens (tertiary/aromatic N) is 2. The number of amides is 1. The molecule has 0 atom stereocenters. The van der Waals surface area contributed by atoms with Crippen molar-refractivity contribution in [2.75, 3.05) is 6.54 Å². The lowest BCUT2D eigenvalue weighted by molar-refractivity contribution is -0.131. The summed E-state index contributed by atoms with van der Waals surface area (Å²) in [6.07, 6.45) is 3.03. The maximum atomic E-state index is 12.3. The molecule has 0 fully saturated rings. The van der Waals surface area contributed by atoms with Crippen molar-refractivity contribution in [3.05, 3.63) is 53.1 Å².